The summed E-state index contributed by atoms with van der Waals surface area (Å²) in [6.07, 6.45) is 2.47. The molecule has 1 aliphatic rings. The maximum atomic E-state index is 13.3. The van der Waals surface area contributed by atoms with Gasteiger partial charge in [-0.25, -0.2) is 4.98 Å². The molecule has 1 N–H and O–H groups in total. The van der Waals surface area contributed by atoms with Gasteiger partial charge in [0.2, 0.25) is 0 Å². The number of aromatic nitrogens is 2. The van der Waals surface area contributed by atoms with Crippen LogP contribution in [0.15, 0.2) is 84.6 Å². The Balaban J connectivity index is 1.63. The van der Waals surface area contributed by atoms with Crippen LogP contribution in [0.5, 0.6) is 0 Å². The van der Waals surface area contributed by atoms with Crippen LogP contribution in [0.25, 0.3) is 11.4 Å². The Labute approximate surface area is 197 Å². The van der Waals surface area contributed by atoms with Crippen LogP contribution < -0.4 is 0 Å². The second kappa shape index (κ2) is 8.63. The van der Waals surface area contributed by atoms with Gasteiger partial charge in [-0.2, -0.15) is 0 Å². The first-order valence-corrected chi connectivity index (χ1v) is 11.3. The molecule has 1 amide bonds. The summed E-state index contributed by atoms with van der Waals surface area (Å²) in [7, 11) is 0. The maximum Gasteiger partial charge on any atom is 0.295 e. The molecule has 1 saturated heterocycles. The molecule has 1 unspecified atom stereocenters. The van der Waals surface area contributed by atoms with E-state index in [9.17, 15) is 14.7 Å². The molecule has 0 saturated carbocycles. The van der Waals surface area contributed by atoms with Crippen molar-refractivity contribution in [3.63, 3.8) is 0 Å². The van der Waals surface area contributed by atoms with Crippen molar-refractivity contribution < 1.29 is 14.7 Å². The highest BCUT2D eigenvalue weighted by atomic mass is 16.3. The topological polar surface area (TPSA) is 74.9 Å². The second-order valence-corrected chi connectivity index (χ2v) is 8.57. The lowest BCUT2D eigenvalue weighted by molar-refractivity contribution is -0.139. The average molecular weight is 452 g/mol. The summed E-state index contributed by atoms with van der Waals surface area (Å²) in [5.41, 5.74) is 4.60. The van der Waals surface area contributed by atoms with Crippen LogP contribution in [0, 0.1) is 13.8 Å². The number of fused-ring (bicyclic) bond motifs is 1. The van der Waals surface area contributed by atoms with Gasteiger partial charge in [0.1, 0.15) is 11.3 Å². The fourth-order valence-corrected chi connectivity index (χ4v) is 4.66. The van der Waals surface area contributed by atoms with Gasteiger partial charge in [0.05, 0.1) is 17.3 Å². The minimum Gasteiger partial charge on any atom is -0.505 e. The first-order valence-electron chi connectivity index (χ1n) is 11.3. The van der Waals surface area contributed by atoms with Crippen LogP contribution in [-0.2, 0) is 16.0 Å². The summed E-state index contributed by atoms with van der Waals surface area (Å²) < 4.78 is 1.88. The SMILES string of the molecule is Cc1cccn2c(C)c(/C(O)=C3\C(=O)C(=O)N(CCc4ccccc4)C3c3ccccc3)nc12. The summed E-state index contributed by atoms with van der Waals surface area (Å²) in [5, 5.41) is 11.4. The number of aliphatic hydroxyl groups is 1. The summed E-state index contributed by atoms with van der Waals surface area (Å²) >= 11 is 0. The fraction of sp³-hybridized carbons (Fsp3) is 0.179. The lowest BCUT2D eigenvalue weighted by atomic mass is 9.96. The maximum absolute atomic E-state index is 13.3. The summed E-state index contributed by atoms with van der Waals surface area (Å²) in [6, 6.07) is 22.4. The Morgan fingerprint density at radius 1 is 0.941 bits per heavy atom. The molecule has 2 aromatic heterocycles. The Kier molecular flexibility index (Phi) is 5.49. The van der Waals surface area contributed by atoms with Crippen LogP contribution in [0.3, 0.4) is 0 Å². The zero-order valence-electron chi connectivity index (χ0n) is 19.1. The number of aryl methyl sites for hydroxylation is 2. The minimum absolute atomic E-state index is 0.0772. The summed E-state index contributed by atoms with van der Waals surface area (Å²) in [6.45, 7) is 4.14. The number of pyridine rings is 1. The number of carbonyl (C=O) groups is 2. The summed E-state index contributed by atoms with van der Waals surface area (Å²) in [4.78, 5) is 32.6. The molecule has 1 fully saturated rings. The Morgan fingerprint density at radius 3 is 2.29 bits per heavy atom. The van der Waals surface area contributed by atoms with Gasteiger partial charge < -0.3 is 14.4 Å². The van der Waals surface area contributed by atoms with E-state index in [-0.39, 0.29) is 11.3 Å². The van der Waals surface area contributed by atoms with Gasteiger partial charge in [-0.05, 0) is 43.0 Å². The van der Waals surface area contributed by atoms with E-state index in [0.717, 1.165) is 16.7 Å². The van der Waals surface area contributed by atoms with E-state index in [1.54, 1.807) is 4.90 Å². The highest BCUT2D eigenvalue weighted by Gasteiger charge is 2.46. The molecular weight excluding hydrogens is 426 g/mol. The minimum atomic E-state index is -0.687. The van der Waals surface area contributed by atoms with E-state index in [1.807, 2.05) is 97.2 Å². The van der Waals surface area contributed by atoms with Crippen molar-refractivity contribution in [1.82, 2.24) is 14.3 Å². The van der Waals surface area contributed by atoms with Crippen molar-refractivity contribution in [2.75, 3.05) is 6.54 Å². The molecular formula is C28H25N3O3. The average Bonchev–Trinajstić information content (AvgIpc) is 3.33. The number of amides is 1. The van der Waals surface area contributed by atoms with E-state index < -0.39 is 17.7 Å². The predicted molar refractivity (Wildman–Crippen MR) is 130 cm³/mol. The number of Topliss-reactive ketones (excluding diaryl/α,β-unsaturated/α-hetero) is 1. The van der Waals surface area contributed by atoms with E-state index in [0.29, 0.717) is 30.0 Å². The first-order chi connectivity index (χ1) is 16.5. The molecule has 170 valence electrons. The van der Waals surface area contributed by atoms with Gasteiger partial charge in [0, 0.05) is 12.7 Å². The number of likely N-dealkylation sites (tertiary alicyclic amines) is 1. The molecule has 0 spiro atoms. The molecule has 6 heteroatoms. The zero-order chi connectivity index (χ0) is 23.8. The van der Waals surface area contributed by atoms with Crippen molar-refractivity contribution in [2.45, 2.75) is 26.3 Å². The number of carbonyl (C=O) groups excluding carboxylic acids is 2. The van der Waals surface area contributed by atoms with Gasteiger partial charge in [-0.15, -0.1) is 0 Å². The van der Waals surface area contributed by atoms with Crippen LogP contribution in [-0.4, -0.2) is 37.6 Å². The monoisotopic (exact) mass is 451 g/mol. The van der Waals surface area contributed by atoms with E-state index in [2.05, 4.69) is 4.98 Å². The third-order valence-corrected chi connectivity index (χ3v) is 6.45. The van der Waals surface area contributed by atoms with Crippen molar-refractivity contribution in [1.29, 1.82) is 0 Å². The fourth-order valence-electron chi connectivity index (χ4n) is 4.66. The number of imidazole rings is 1. The van der Waals surface area contributed by atoms with Gasteiger partial charge in [-0.1, -0.05) is 66.7 Å². The molecule has 1 aliphatic heterocycles. The zero-order valence-corrected chi connectivity index (χ0v) is 19.1. The number of hydrogen-bond acceptors (Lipinski definition) is 4. The number of aliphatic hydroxyl groups excluding tert-OH is 1. The highest BCUT2D eigenvalue weighted by Crippen LogP contribution is 2.39. The second-order valence-electron chi connectivity index (χ2n) is 8.57. The highest BCUT2D eigenvalue weighted by molar-refractivity contribution is 6.46. The Hall–Kier alpha value is -4.19. The lowest BCUT2D eigenvalue weighted by Crippen LogP contribution is -2.31. The predicted octanol–water partition coefficient (Wildman–Crippen LogP) is 4.62. The third-order valence-electron chi connectivity index (χ3n) is 6.45. The molecule has 5 rings (SSSR count). The van der Waals surface area contributed by atoms with E-state index in [1.165, 1.54) is 0 Å². The Morgan fingerprint density at radius 2 is 1.62 bits per heavy atom. The molecule has 0 radical (unpaired) electrons. The van der Waals surface area contributed by atoms with Crippen LogP contribution in [0.2, 0.25) is 0 Å². The summed E-state index contributed by atoms with van der Waals surface area (Å²) in [5.74, 6) is -1.54. The van der Waals surface area contributed by atoms with Crippen LogP contribution in [0.4, 0.5) is 0 Å². The number of ketones is 1. The van der Waals surface area contributed by atoms with Crippen molar-refractivity contribution in [3.8, 4) is 0 Å². The molecule has 4 aromatic rings. The van der Waals surface area contributed by atoms with Gasteiger partial charge in [0.15, 0.2) is 5.76 Å². The van der Waals surface area contributed by atoms with Crippen molar-refractivity contribution in [2.24, 2.45) is 0 Å². The van der Waals surface area contributed by atoms with E-state index in [4.69, 9.17) is 0 Å². The smallest absolute Gasteiger partial charge is 0.295 e. The third kappa shape index (κ3) is 3.57. The molecule has 34 heavy (non-hydrogen) atoms. The molecule has 6 nitrogen and oxygen atoms in total. The van der Waals surface area contributed by atoms with Gasteiger partial charge in [-0.3, -0.25) is 9.59 Å². The molecule has 0 bridgehead atoms. The molecule has 3 heterocycles. The van der Waals surface area contributed by atoms with Crippen LogP contribution in [0.1, 0.15) is 34.1 Å². The normalized spacial score (nSPS) is 17.6. The first kappa shape index (κ1) is 21.6. The standard InChI is InChI=1S/C28H25N3O3/c1-18-10-9-16-30-19(2)23(29-27(18)30)25(32)22-24(21-13-7-4-8-14-21)31(28(34)26(22)33)17-15-20-11-5-3-6-12-20/h3-14,16,24,32H,15,17H2,1-2H3/b25-22+. The number of benzene rings is 2. The quantitative estimate of drug-likeness (QED) is 0.273. The molecule has 0 aliphatic carbocycles. The molecule has 1 atom stereocenters. The van der Waals surface area contributed by atoms with Crippen molar-refractivity contribution in [3.05, 3.63) is 113 Å². The van der Waals surface area contributed by atoms with Crippen LogP contribution >= 0.6 is 0 Å². The van der Waals surface area contributed by atoms with E-state index >= 15 is 0 Å². The number of rotatable bonds is 5. The Bertz CT molecular complexity index is 1420. The van der Waals surface area contributed by atoms with Crippen molar-refractivity contribution >= 4 is 23.1 Å². The number of hydrogen-bond donors (Lipinski definition) is 1. The molecule has 2 aromatic carbocycles. The largest absolute Gasteiger partial charge is 0.505 e. The number of nitrogens with zero attached hydrogens (tertiary/aromatic N) is 3. The lowest BCUT2D eigenvalue weighted by Gasteiger charge is -2.25. The van der Waals surface area contributed by atoms with Gasteiger partial charge >= 0.3 is 0 Å². The van der Waals surface area contributed by atoms with Gasteiger partial charge in [0.25, 0.3) is 11.7 Å².